The monoisotopic (exact) mass is 531 g/mol. The second-order valence-corrected chi connectivity index (χ2v) is 8.17. The summed E-state index contributed by atoms with van der Waals surface area (Å²) in [7, 11) is 6.05. The molecule has 0 bridgehead atoms. The van der Waals surface area contributed by atoms with Crippen LogP contribution in [0.5, 0.6) is 5.75 Å². The van der Waals surface area contributed by atoms with Gasteiger partial charge in [-0.25, -0.2) is 0 Å². The standard InChI is InChI=1S/C22H37N5O2.HI/c1-5-23-21(24-17-22(26(2)3)11-14-29-15-12-22)25-18-10-13-27(16-18)19-8-6-7-9-20(19)28-4;/h6-9,18H,5,10-17H2,1-4H3,(H2,23,24,25);1H. The summed E-state index contributed by atoms with van der Waals surface area (Å²) in [6.45, 7) is 7.33. The van der Waals surface area contributed by atoms with Gasteiger partial charge in [0.1, 0.15) is 5.75 Å². The molecule has 1 aromatic rings. The molecule has 2 fully saturated rings. The molecule has 2 heterocycles. The fourth-order valence-corrected chi connectivity index (χ4v) is 4.23. The summed E-state index contributed by atoms with van der Waals surface area (Å²) in [6.07, 6.45) is 3.12. The average Bonchev–Trinajstić information content (AvgIpc) is 3.21. The molecule has 0 radical (unpaired) electrons. The molecule has 2 aliphatic heterocycles. The Labute approximate surface area is 198 Å². The van der Waals surface area contributed by atoms with Crippen LogP contribution in [0.4, 0.5) is 5.69 Å². The molecular formula is C22H38IN5O2. The highest BCUT2D eigenvalue weighted by molar-refractivity contribution is 14.0. The van der Waals surface area contributed by atoms with Gasteiger partial charge in [-0.3, -0.25) is 4.99 Å². The van der Waals surface area contributed by atoms with Crippen molar-refractivity contribution in [2.75, 3.05) is 65.5 Å². The second-order valence-electron chi connectivity index (χ2n) is 8.17. The number of aliphatic imine (C=N–C) groups is 1. The molecule has 0 spiro atoms. The van der Waals surface area contributed by atoms with Crippen molar-refractivity contribution in [1.82, 2.24) is 15.5 Å². The van der Waals surface area contributed by atoms with E-state index >= 15 is 0 Å². The van der Waals surface area contributed by atoms with E-state index in [9.17, 15) is 0 Å². The van der Waals surface area contributed by atoms with Crippen LogP contribution >= 0.6 is 24.0 Å². The lowest BCUT2D eigenvalue weighted by atomic mass is 9.89. The zero-order valence-corrected chi connectivity index (χ0v) is 21.1. The van der Waals surface area contributed by atoms with E-state index in [1.54, 1.807) is 7.11 Å². The second kappa shape index (κ2) is 12.0. The molecule has 2 N–H and O–H groups in total. The number of para-hydroxylation sites is 2. The molecule has 1 aromatic carbocycles. The van der Waals surface area contributed by atoms with Crippen molar-refractivity contribution >= 4 is 35.6 Å². The molecule has 2 saturated heterocycles. The van der Waals surface area contributed by atoms with Gasteiger partial charge in [0.05, 0.1) is 19.3 Å². The first-order chi connectivity index (χ1) is 14.1. The van der Waals surface area contributed by atoms with Crippen LogP contribution in [0.3, 0.4) is 0 Å². The Balaban J connectivity index is 0.00000320. The number of methoxy groups -OCH3 is 1. The molecule has 1 unspecified atom stereocenters. The highest BCUT2D eigenvalue weighted by Gasteiger charge is 2.35. The Morgan fingerprint density at radius 3 is 2.70 bits per heavy atom. The first-order valence-electron chi connectivity index (χ1n) is 10.8. The zero-order chi connectivity index (χ0) is 20.7. The summed E-state index contributed by atoms with van der Waals surface area (Å²) >= 11 is 0. The van der Waals surface area contributed by atoms with Crippen molar-refractivity contribution in [1.29, 1.82) is 0 Å². The minimum absolute atomic E-state index is 0. The van der Waals surface area contributed by atoms with Gasteiger partial charge in [0, 0.05) is 44.4 Å². The van der Waals surface area contributed by atoms with Crippen LogP contribution in [-0.4, -0.2) is 83.0 Å². The van der Waals surface area contributed by atoms with Gasteiger partial charge in [-0.15, -0.1) is 24.0 Å². The van der Waals surface area contributed by atoms with Crippen molar-refractivity contribution in [3.63, 3.8) is 0 Å². The van der Waals surface area contributed by atoms with Gasteiger partial charge in [0.2, 0.25) is 0 Å². The molecule has 3 rings (SSSR count). The minimum Gasteiger partial charge on any atom is -0.495 e. The van der Waals surface area contributed by atoms with Gasteiger partial charge in [0.25, 0.3) is 0 Å². The van der Waals surface area contributed by atoms with Gasteiger partial charge in [-0.1, -0.05) is 12.1 Å². The number of ether oxygens (including phenoxy) is 2. The molecule has 0 aromatic heterocycles. The molecule has 8 heteroatoms. The van der Waals surface area contributed by atoms with E-state index in [4.69, 9.17) is 14.5 Å². The Bertz CT molecular complexity index is 679. The summed E-state index contributed by atoms with van der Waals surface area (Å²) < 4.78 is 11.1. The number of hydrogen-bond acceptors (Lipinski definition) is 5. The van der Waals surface area contributed by atoms with E-state index in [0.29, 0.717) is 6.04 Å². The Morgan fingerprint density at radius 2 is 2.03 bits per heavy atom. The van der Waals surface area contributed by atoms with Gasteiger partial charge in [0.15, 0.2) is 5.96 Å². The highest BCUT2D eigenvalue weighted by Crippen LogP contribution is 2.30. The third kappa shape index (κ3) is 6.13. The number of anilines is 1. The van der Waals surface area contributed by atoms with E-state index < -0.39 is 0 Å². The number of likely N-dealkylation sites (N-methyl/N-ethyl adjacent to an activating group) is 1. The number of benzene rings is 1. The smallest absolute Gasteiger partial charge is 0.191 e. The maximum atomic E-state index is 5.59. The lowest BCUT2D eigenvalue weighted by Gasteiger charge is -2.41. The summed E-state index contributed by atoms with van der Waals surface area (Å²) in [5.41, 5.74) is 1.25. The minimum atomic E-state index is 0. The molecular weight excluding hydrogens is 493 g/mol. The van der Waals surface area contributed by atoms with E-state index in [1.165, 1.54) is 0 Å². The quantitative estimate of drug-likeness (QED) is 0.321. The number of rotatable bonds is 7. The number of nitrogens with one attached hydrogen (secondary N) is 2. The van der Waals surface area contributed by atoms with Crippen LogP contribution in [0.2, 0.25) is 0 Å². The number of guanidine groups is 1. The summed E-state index contributed by atoms with van der Waals surface area (Å²) in [5.74, 6) is 1.84. The third-order valence-corrected chi connectivity index (χ3v) is 6.20. The first kappa shape index (κ1) is 25.0. The molecule has 30 heavy (non-hydrogen) atoms. The van der Waals surface area contributed by atoms with Gasteiger partial charge in [-0.05, 0) is 52.4 Å². The summed E-state index contributed by atoms with van der Waals surface area (Å²) in [4.78, 5) is 9.69. The van der Waals surface area contributed by atoms with E-state index in [1.807, 2.05) is 12.1 Å². The lowest BCUT2D eigenvalue weighted by Crippen LogP contribution is -2.52. The third-order valence-electron chi connectivity index (χ3n) is 6.20. The van der Waals surface area contributed by atoms with Crippen molar-refractivity contribution in [3.8, 4) is 5.75 Å². The molecule has 0 saturated carbocycles. The number of halogens is 1. The van der Waals surface area contributed by atoms with Crippen LogP contribution in [0.15, 0.2) is 29.3 Å². The van der Waals surface area contributed by atoms with E-state index in [0.717, 1.165) is 76.1 Å². The summed E-state index contributed by atoms with van der Waals surface area (Å²) in [6, 6.07) is 8.60. The molecule has 170 valence electrons. The number of hydrogen-bond donors (Lipinski definition) is 2. The Morgan fingerprint density at radius 1 is 1.30 bits per heavy atom. The molecule has 1 atom stereocenters. The molecule has 2 aliphatic rings. The Kier molecular flexibility index (Phi) is 9.96. The lowest BCUT2D eigenvalue weighted by molar-refractivity contribution is -0.00255. The predicted molar refractivity (Wildman–Crippen MR) is 135 cm³/mol. The maximum Gasteiger partial charge on any atom is 0.191 e. The summed E-state index contributed by atoms with van der Waals surface area (Å²) in [5, 5.41) is 7.08. The Hall–Kier alpha value is -1.26. The van der Waals surface area contributed by atoms with Crippen LogP contribution < -0.4 is 20.3 Å². The highest BCUT2D eigenvalue weighted by atomic mass is 127. The SMILES string of the molecule is CCNC(=NCC1(N(C)C)CCOCC1)NC1CCN(c2ccccc2OC)C1.I. The fourth-order valence-electron chi connectivity index (χ4n) is 4.23. The van der Waals surface area contributed by atoms with Crippen molar-refractivity contribution < 1.29 is 9.47 Å². The van der Waals surface area contributed by atoms with Crippen molar-refractivity contribution in [2.24, 2.45) is 4.99 Å². The van der Waals surface area contributed by atoms with Crippen molar-refractivity contribution in [2.45, 2.75) is 37.8 Å². The largest absolute Gasteiger partial charge is 0.495 e. The fraction of sp³-hybridized carbons (Fsp3) is 0.682. The van der Waals surface area contributed by atoms with Crippen LogP contribution in [0.1, 0.15) is 26.2 Å². The van der Waals surface area contributed by atoms with Gasteiger partial charge in [-0.2, -0.15) is 0 Å². The zero-order valence-electron chi connectivity index (χ0n) is 18.8. The van der Waals surface area contributed by atoms with Crippen LogP contribution in [0, 0.1) is 0 Å². The number of nitrogens with zero attached hydrogens (tertiary/aromatic N) is 3. The van der Waals surface area contributed by atoms with Crippen LogP contribution in [-0.2, 0) is 4.74 Å². The normalized spacial score (nSPS) is 21.3. The molecule has 0 amide bonds. The predicted octanol–water partition coefficient (Wildman–Crippen LogP) is 2.56. The first-order valence-corrected chi connectivity index (χ1v) is 10.8. The maximum absolute atomic E-state index is 5.59. The molecule has 0 aliphatic carbocycles. The van der Waals surface area contributed by atoms with Gasteiger partial charge < -0.3 is 29.9 Å². The topological polar surface area (TPSA) is 61.4 Å². The van der Waals surface area contributed by atoms with Crippen molar-refractivity contribution in [3.05, 3.63) is 24.3 Å². The van der Waals surface area contributed by atoms with Gasteiger partial charge >= 0.3 is 0 Å². The average molecular weight is 531 g/mol. The van der Waals surface area contributed by atoms with E-state index in [-0.39, 0.29) is 29.5 Å². The van der Waals surface area contributed by atoms with E-state index in [2.05, 4.69) is 53.6 Å². The van der Waals surface area contributed by atoms with Crippen LogP contribution in [0.25, 0.3) is 0 Å². The molecule has 7 nitrogen and oxygen atoms in total.